The van der Waals surface area contributed by atoms with Crippen molar-refractivity contribution in [1.82, 2.24) is 10.6 Å². The Balaban J connectivity index is 1.90. The number of alkyl carbamates (subject to hydrolysis) is 1. The number of nitrogens with one attached hydrogen (secondary N) is 2. The number of rotatable bonds is 7. The van der Waals surface area contributed by atoms with Gasteiger partial charge in [-0.3, -0.25) is 0 Å². The van der Waals surface area contributed by atoms with E-state index in [0.29, 0.717) is 17.9 Å². The van der Waals surface area contributed by atoms with Gasteiger partial charge in [-0.15, -0.1) is 0 Å². The maximum absolute atomic E-state index is 13.7. The first kappa shape index (κ1) is 21.4. The minimum Gasteiger partial charge on any atom is -0.489 e. The van der Waals surface area contributed by atoms with Gasteiger partial charge in [0.05, 0.1) is 12.6 Å². The monoisotopic (exact) mass is 382 g/mol. The van der Waals surface area contributed by atoms with Crippen molar-refractivity contribution in [3.63, 3.8) is 0 Å². The maximum Gasteiger partial charge on any atom is 0.407 e. The average Bonchev–Trinajstić information content (AvgIpc) is 2.96. The Kier molecular flexibility index (Phi) is 7.44. The van der Waals surface area contributed by atoms with E-state index in [0.717, 1.165) is 19.3 Å². The smallest absolute Gasteiger partial charge is 0.407 e. The molecule has 1 aliphatic carbocycles. The van der Waals surface area contributed by atoms with Crippen LogP contribution in [0.1, 0.15) is 52.5 Å². The van der Waals surface area contributed by atoms with Crippen molar-refractivity contribution in [3.05, 3.63) is 29.6 Å². The van der Waals surface area contributed by atoms with E-state index in [4.69, 9.17) is 9.47 Å². The molecule has 0 aromatic heterocycles. The molecule has 1 aliphatic rings. The highest BCUT2D eigenvalue weighted by atomic mass is 19.1. The fourth-order valence-electron chi connectivity index (χ4n) is 3.02. The Morgan fingerprint density at radius 2 is 2.11 bits per heavy atom. The molecule has 3 N–H and O–H groups in total. The number of benzene rings is 1. The lowest BCUT2D eigenvalue weighted by atomic mass is 10.1. The second kappa shape index (κ2) is 9.37. The van der Waals surface area contributed by atoms with E-state index >= 15 is 0 Å². The van der Waals surface area contributed by atoms with Crippen molar-refractivity contribution in [3.8, 4) is 5.75 Å². The minimum atomic E-state index is -0.561. The predicted octanol–water partition coefficient (Wildman–Crippen LogP) is 3.12. The molecular weight excluding hydrogens is 351 g/mol. The molecule has 2 rings (SSSR count). The van der Waals surface area contributed by atoms with Gasteiger partial charge >= 0.3 is 6.09 Å². The molecular formula is C20H31FN2O4. The summed E-state index contributed by atoms with van der Waals surface area (Å²) in [5.41, 5.74) is 0.118. The highest BCUT2D eigenvalue weighted by Gasteiger charge is 2.25. The van der Waals surface area contributed by atoms with Crippen LogP contribution in [0.2, 0.25) is 0 Å². The van der Waals surface area contributed by atoms with Gasteiger partial charge in [0, 0.05) is 18.2 Å². The Labute approximate surface area is 160 Å². The molecule has 0 aliphatic heterocycles. The summed E-state index contributed by atoms with van der Waals surface area (Å²) in [6.45, 7) is 7.88. The Morgan fingerprint density at radius 1 is 1.37 bits per heavy atom. The summed E-state index contributed by atoms with van der Waals surface area (Å²) < 4.78 is 24.7. The zero-order valence-corrected chi connectivity index (χ0v) is 16.5. The van der Waals surface area contributed by atoms with Crippen LogP contribution in [0.4, 0.5) is 9.18 Å². The number of halogens is 1. The summed E-state index contributed by atoms with van der Waals surface area (Å²) in [5.74, 6) is 0.209. The van der Waals surface area contributed by atoms with E-state index in [1.54, 1.807) is 26.8 Å². The molecule has 1 aromatic carbocycles. The van der Waals surface area contributed by atoms with Crippen LogP contribution in [0, 0.1) is 5.82 Å². The fraction of sp³-hybridized carbons (Fsp3) is 0.650. The van der Waals surface area contributed by atoms with E-state index in [-0.39, 0.29) is 30.6 Å². The molecule has 0 saturated heterocycles. The lowest BCUT2D eigenvalue weighted by molar-refractivity contribution is 0.0505. The Bertz CT molecular complexity index is 633. The SMILES string of the molecule is C[C@@H](CNC(=O)OC(C)(C)C)Oc1ccc(F)cc1CN[C@@H]1CCC[C@H]1O. The molecule has 27 heavy (non-hydrogen) atoms. The van der Waals surface area contributed by atoms with Gasteiger partial charge in [-0.2, -0.15) is 0 Å². The van der Waals surface area contributed by atoms with Gasteiger partial charge in [-0.05, 0) is 65.2 Å². The van der Waals surface area contributed by atoms with Crippen molar-refractivity contribution < 1.29 is 23.8 Å². The van der Waals surface area contributed by atoms with Crippen LogP contribution in [0.15, 0.2) is 18.2 Å². The van der Waals surface area contributed by atoms with Gasteiger partial charge in [0.25, 0.3) is 0 Å². The molecule has 0 bridgehead atoms. The summed E-state index contributed by atoms with van der Waals surface area (Å²) in [7, 11) is 0. The van der Waals surface area contributed by atoms with E-state index in [1.165, 1.54) is 12.1 Å². The Morgan fingerprint density at radius 3 is 2.74 bits per heavy atom. The molecule has 152 valence electrons. The number of carbonyl (C=O) groups excluding carboxylic acids is 1. The second-order valence-corrected chi connectivity index (χ2v) is 8.05. The van der Waals surface area contributed by atoms with Gasteiger partial charge in [-0.25, -0.2) is 9.18 Å². The first-order chi connectivity index (χ1) is 12.6. The van der Waals surface area contributed by atoms with Crippen LogP contribution in [0.5, 0.6) is 5.75 Å². The van der Waals surface area contributed by atoms with Crippen molar-refractivity contribution >= 4 is 6.09 Å². The normalized spacial score (nSPS) is 21.0. The summed E-state index contributed by atoms with van der Waals surface area (Å²) in [4.78, 5) is 11.7. The van der Waals surface area contributed by atoms with Crippen molar-refractivity contribution in [2.75, 3.05) is 6.54 Å². The van der Waals surface area contributed by atoms with Crippen LogP contribution >= 0.6 is 0 Å². The first-order valence-electron chi connectivity index (χ1n) is 9.47. The van der Waals surface area contributed by atoms with Crippen molar-refractivity contribution in [2.45, 2.75) is 77.4 Å². The molecule has 1 amide bonds. The van der Waals surface area contributed by atoms with Crippen molar-refractivity contribution in [2.24, 2.45) is 0 Å². The van der Waals surface area contributed by atoms with Gasteiger partial charge in [0.15, 0.2) is 0 Å². The van der Waals surface area contributed by atoms with E-state index in [9.17, 15) is 14.3 Å². The topological polar surface area (TPSA) is 79.8 Å². The van der Waals surface area contributed by atoms with Gasteiger partial charge < -0.3 is 25.2 Å². The zero-order chi connectivity index (χ0) is 20.0. The van der Waals surface area contributed by atoms with E-state index < -0.39 is 11.7 Å². The van der Waals surface area contributed by atoms with Crippen LogP contribution in [-0.4, -0.2) is 41.6 Å². The molecule has 0 heterocycles. The van der Waals surface area contributed by atoms with Crippen LogP contribution in [-0.2, 0) is 11.3 Å². The molecule has 0 unspecified atom stereocenters. The summed E-state index contributed by atoms with van der Waals surface area (Å²) in [6, 6.07) is 4.38. The zero-order valence-electron chi connectivity index (χ0n) is 16.5. The molecule has 3 atom stereocenters. The lowest BCUT2D eigenvalue weighted by Crippen LogP contribution is -2.38. The molecule has 6 nitrogen and oxygen atoms in total. The molecule has 1 saturated carbocycles. The number of hydrogen-bond donors (Lipinski definition) is 3. The second-order valence-electron chi connectivity index (χ2n) is 8.05. The average molecular weight is 382 g/mol. The highest BCUT2D eigenvalue weighted by molar-refractivity contribution is 5.67. The molecule has 1 aromatic rings. The predicted molar refractivity (Wildman–Crippen MR) is 101 cm³/mol. The first-order valence-corrected chi connectivity index (χ1v) is 9.47. The largest absolute Gasteiger partial charge is 0.489 e. The quantitative estimate of drug-likeness (QED) is 0.675. The number of aliphatic hydroxyl groups is 1. The van der Waals surface area contributed by atoms with Crippen LogP contribution in [0.25, 0.3) is 0 Å². The number of amides is 1. The highest BCUT2D eigenvalue weighted by Crippen LogP contribution is 2.23. The minimum absolute atomic E-state index is 0.0207. The third kappa shape index (κ3) is 7.34. The number of aliphatic hydroxyl groups excluding tert-OH is 1. The van der Waals surface area contributed by atoms with Crippen molar-refractivity contribution in [1.29, 1.82) is 0 Å². The number of ether oxygens (including phenoxy) is 2. The summed E-state index contributed by atoms with van der Waals surface area (Å²) >= 11 is 0. The third-order valence-corrected chi connectivity index (χ3v) is 4.32. The van der Waals surface area contributed by atoms with Gasteiger partial charge in [0.2, 0.25) is 0 Å². The third-order valence-electron chi connectivity index (χ3n) is 4.32. The lowest BCUT2D eigenvalue weighted by Gasteiger charge is -2.22. The maximum atomic E-state index is 13.7. The molecule has 1 fully saturated rings. The standard InChI is InChI=1S/C20H31FN2O4/c1-13(11-23-19(25)27-20(2,3)4)26-18-9-8-15(21)10-14(18)12-22-16-6-5-7-17(16)24/h8-10,13,16-17,22,24H,5-7,11-12H2,1-4H3,(H,23,25)/t13-,16+,17+/m0/s1. The summed E-state index contributed by atoms with van der Waals surface area (Å²) in [5, 5.41) is 15.9. The van der Waals surface area contributed by atoms with E-state index in [1.807, 2.05) is 6.92 Å². The van der Waals surface area contributed by atoms with Gasteiger partial charge in [-0.1, -0.05) is 0 Å². The number of hydrogen-bond acceptors (Lipinski definition) is 5. The van der Waals surface area contributed by atoms with Crippen LogP contribution < -0.4 is 15.4 Å². The van der Waals surface area contributed by atoms with Crippen LogP contribution in [0.3, 0.4) is 0 Å². The van der Waals surface area contributed by atoms with Gasteiger partial charge in [0.1, 0.15) is 23.3 Å². The number of carbonyl (C=O) groups is 1. The fourth-order valence-corrected chi connectivity index (χ4v) is 3.02. The molecule has 0 spiro atoms. The van der Waals surface area contributed by atoms with E-state index in [2.05, 4.69) is 10.6 Å². The molecule has 0 radical (unpaired) electrons. The Hall–Kier alpha value is -1.86. The summed E-state index contributed by atoms with van der Waals surface area (Å²) in [6.07, 6.45) is 1.49. The molecule has 7 heteroatoms.